The number of benzene rings is 1. The van der Waals surface area contributed by atoms with Crippen LogP contribution >= 0.6 is 0 Å². The summed E-state index contributed by atoms with van der Waals surface area (Å²) in [5.74, 6) is -0.747. The fourth-order valence-electron chi connectivity index (χ4n) is 3.47. The lowest BCUT2D eigenvalue weighted by Crippen LogP contribution is -2.59. The third-order valence-corrected chi connectivity index (χ3v) is 4.80. The quantitative estimate of drug-likeness (QED) is 0.834. The Morgan fingerprint density at radius 2 is 1.78 bits per heavy atom. The van der Waals surface area contributed by atoms with Crippen LogP contribution < -0.4 is 16.0 Å². The lowest BCUT2D eigenvalue weighted by molar-refractivity contribution is -0.139. The molecule has 2 atom stereocenters. The van der Waals surface area contributed by atoms with Gasteiger partial charge in [-0.05, 0) is 31.5 Å². The van der Waals surface area contributed by atoms with E-state index in [4.69, 9.17) is 5.73 Å². The van der Waals surface area contributed by atoms with Gasteiger partial charge in [-0.3, -0.25) is 9.59 Å². The van der Waals surface area contributed by atoms with Gasteiger partial charge in [0.25, 0.3) is 0 Å². The Hall–Kier alpha value is -2.08. The van der Waals surface area contributed by atoms with E-state index in [1.54, 1.807) is 0 Å². The topological polar surface area (TPSA) is 78.7 Å². The molecule has 0 bridgehead atoms. The van der Waals surface area contributed by atoms with Gasteiger partial charge in [0, 0.05) is 31.9 Å². The summed E-state index contributed by atoms with van der Waals surface area (Å²) in [4.78, 5) is 28.5. The maximum absolute atomic E-state index is 12.7. The minimum atomic E-state index is -0.454. The van der Waals surface area contributed by atoms with Crippen molar-refractivity contribution in [2.75, 3.05) is 37.6 Å². The van der Waals surface area contributed by atoms with Gasteiger partial charge in [-0.25, -0.2) is 0 Å². The SMILES string of the molecule is NC(=O)C1CCCNC1C(=O)N1CCN(c2ccccc2)CC1. The smallest absolute Gasteiger partial charge is 0.240 e. The first-order valence-electron chi connectivity index (χ1n) is 8.28. The highest BCUT2D eigenvalue weighted by Gasteiger charge is 2.37. The molecule has 2 aliphatic rings. The van der Waals surface area contributed by atoms with Crippen molar-refractivity contribution in [2.24, 2.45) is 11.7 Å². The van der Waals surface area contributed by atoms with Gasteiger partial charge in [-0.2, -0.15) is 0 Å². The average molecular weight is 316 g/mol. The minimum absolute atomic E-state index is 0.0150. The summed E-state index contributed by atoms with van der Waals surface area (Å²) in [6.45, 7) is 3.74. The number of para-hydroxylation sites is 1. The first-order chi connectivity index (χ1) is 11.2. The molecular formula is C17H24N4O2. The van der Waals surface area contributed by atoms with Gasteiger partial charge in [0.2, 0.25) is 11.8 Å². The number of hydrogen-bond donors (Lipinski definition) is 2. The molecular weight excluding hydrogens is 292 g/mol. The Morgan fingerprint density at radius 3 is 2.43 bits per heavy atom. The van der Waals surface area contributed by atoms with Crippen molar-refractivity contribution in [2.45, 2.75) is 18.9 Å². The van der Waals surface area contributed by atoms with Crippen LogP contribution in [0.1, 0.15) is 12.8 Å². The maximum Gasteiger partial charge on any atom is 0.240 e. The minimum Gasteiger partial charge on any atom is -0.369 e. The van der Waals surface area contributed by atoms with Crippen LogP contribution in [0.2, 0.25) is 0 Å². The molecule has 23 heavy (non-hydrogen) atoms. The number of rotatable bonds is 3. The highest BCUT2D eigenvalue weighted by molar-refractivity contribution is 5.89. The predicted molar refractivity (Wildman–Crippen MR) is 88.9 cm³/mol. The second-order valence-electron chi connectivity index (χ2n) is 6.23. The summed E-state index contributed by atoms with van der Waals surface area (Å²) < 4.78 is 0. The second-order valence-corrected chi connectivity index (χ2v) is 6.23. The Balaban J connectivity index is 1.60. The van der Waals surface area contributed by atoms with E-state index in [1.807, 2.05) is 23.1 Å². The molecule has 6 nitrogen and oxygen atoms in total. The second kappa shape index (κ2) is 7.00. The Bertz CT molecular complexity index is 555. The molecule has 1 aromatic carbocycles. The maximum atomic E-state index is 12.7. The van der Waals surface area contributed by atoms with E-state index in [0.29, 0.717) is 19.5 Å². The molecule has 2 heterocycles. The van der Waals surface area contributed by atoms with Gasteiger partial charge >= 0.3 is 0 Å². The molecule has 2 fully saturated rings. The highest BCUT2D eigenvalue weighted by Crippen LogP contribution is 2.20. The number of carbonyl (C=O) groups excluding carboxylic acids is 2. The lowest BCUT2D eigenvalue weighted by Gasteiger charge is -2.39. The number of hydrogen-bond acceptors (Lipinski definition) is 4. The normalized spacial score (nSPS) is 25.2. The van der Waals surface area contributed by atoms with Crippen LogP contribution in [0.4, 0.5) is 5.69 Å². The molecule has 2 unspecified atom stereocenters. The Morgan fingerprint density at radius 1 is 1.09 bits per heavy atom. The number of nitrogens with two attached hydrogens (primary N) is 1. The third-order valence-electron chi connectivity index (χ3n) is 4.80. The van der Waals surface area contributed by atoms with Crippen LogP contribution in [-0.2, 0) is 9.59 Å². The molecule has 0 spiro atoms. The fraction of sp³-hybridized carbons (Fsp3) is 0.529. The molecule has 3 N–H and O–H groups in total. The van der Waals surface area contributed by atoms with E-state index >= 15 is 0 Å². The van der Waals surface area contributed by atoms with E-state index in [1.165, 1.54) is 5.69 Å². The van der Waals surface area contributed by atoms with E-state index in [2.05, 4.69) is 22.3 Å². The predicted octanol–water partition coefficient (Wildman–Crippen LogP) is 0.189. The van der Waals surface area contributed by atoms with Crippen LogP contribution in [0.25, 0.3) is 0 Å². The van der Waals surface area contributed by atoms with Crippen molar-refractivity contribution >= 4 is 17.5 Å². The molecule has 0 aliphatic carbocycles. The van der Waals surface area contributed by atoms with Crippen molar-refractivity contribution in [3.05, 3.63) is 30.3 Å². The first-order valence-corrected chi connectivity index (χ1v) is 8.28. The number of amides is 2. The summed E-state index contributed by atoms with van der Waals surface area (Å²) in [5, 5.41) is 3.18. The van der Waals surface area contributed by atoms with Crippen LogP contribution in [0.15, 0.2) is 30.3 Å². The molecule has 0 aromatic heterocycles. The number of carbonyl (C=O) groups is 2. The molecule has 0 saturated carbocycles. The van der Waals surface area contributed by atoms with Crippen molar-refractivity contribution in [1.29, 1.82) is 0 Å². The summed E-state index contributed by atoms with van der Waals surface area (Å²) in [6.07, 6.45) is 1.59. The van der Waals surface area contributed by atoms with Crippen LogP contribution in [-0.4, -0.2) is 55.5 Å². The molecule has 1 aromatic rings. The average Bonchev–Trinajstić information content (AvgIpc) is 2.62. The number of nitrogens with one attached hydrogen (secondary N) is 1. The molecule has 124 valence electrons. The zero-order valence-electron chi connectivity index (χ0n) is 13.3. The van der Waals surface area contributed by atoms with Gasteiger partial charge in [0.15, 0.2) is 0 Å². The molecule has 2 amide bonds. The first kappa shape index (κ1) is 15.8. The van der Waals surface area contributed by atoms with Crippen LogP contribution in [0.5, 0.6) is 0 Å². The molecule has 0 radical (unpaired) electrons. The zero-order chi connectivity index (χ0) is 16.2. The van der Waals surface area contributed by atoms with Gasteiger partial charge < -0.3 is 20.9 Å². The summed E-state index contributed by atoms with van der Waals surface area (Å²) in [6, 6.07) is 9.77. The standard InChI is InChI=1S/C17H24N4O2/c18-16(22)14-7-4-8-19-15(14)17(23)21-11-9-20(10-12-21)13-5-2-1-3-6-13/h1-3,5-6,14-15,19H,4,7-12H2,(H2,18,22). The van der Waals surface area contributed by atoms with Crippen molar-refractivity contribution < 1.29 is 9.59 Å². The number of piperazine rings is 1. The van der Waals surface area contributed by atoms with E-state index in [9.17, 15) is 9.59 Å². The van der Waals surface area contributed by atoms with Crippen LogP contribution in [0, 0.1) is 5.92 Å². The summed E-state index contributed by atoms with van der Waals surface area (Å²) >= 11 is 0. The molecule has 3 rings (SSSR count). The zero-order valence-corrected chi connectivity index (χ0v) is 13.3. The van der Waals surface area contributed by atoms with Crippen molar-refractivity contribution in [3.63, 3.8) is 0 Å². The molecule has 6 heteroatoms. The van der Waals surface area contributed by atoms with Gasteiger partial charge in [0.05, 0.1) is 12.0 Å². The van der Waals surface area contributed by atoms with Crippen molar-refractivity contribution in [1.82, 2.24) is 10.2 Å². The summed E-state index contributed by atoms with van der Waals surface area (Å²) in [7, 11) is 0. The van der Waals surface area contributed by atoms with Gasteiger partial charge in [-0.15, -0.1) is 0 Å². The third kappa shape index (κ3) is 3.47. The number of nitrogens with zero attached hydrogens (tertiary/aromatic N) is 2. The van der Waals surface area contributed by atoms with E-state index in [-0.39, 0.29) is 17.7 Å². The fourth-order valence-corrected chi connectivity index (χ4v) is 3.47. The number of piperidine rings is 1. The van der Waals surface area contributed by atoms with Gasteiger partial charge in [-0.1, -0.05) is 18.2 Å². The van der Waals surface area contributed by atoms with Crippen LogP contribution in [0.3, 0.4) is 0 Å². The summed E-state index contributed by atoms with van der Waals surface area (Å²) in [5.41, 5.74) is 6.65. The van der Waals surface area contributed by atoms with E-state index < -0.39 is 6.04 Å². The lowest BCUT2D eigenvalue weighted by atomic mass is 9.89. The monoisotopic (exact) mass is 316 g/mol. The number of primary amides is 1. The Labute approximate surface area is 136 Å². The largest absolute Gasteiger partial charge is 0.369 e. The van der Waals surface area contributed by atoms with Gasteiger partial charge in [0.1, 0.15) is 0 Å². The van der Waals surface area contributed by atoms with Crippen molar-refractivity contribution in [3.8, 4) is 0 Å². The molecule has 2 aliphatic heterocycles. The number of anilines is 1. The highest BCUT2D eigenvalue weighted by atomic mass is 16.2. The van der Waals surface area contributed by atoms with E-state index in [0.717, 1.165) is 26.1 Å². The Kier molecular flexibility index (Phi) is 4.81. The molecule has 2 saturated heterocycles.